The number of nitrogens with one attached hydrogen (secondary N) is 1. The first-order chi connectivity index (χ1) is 9.60. The number of methoxy groups -OCH3 is 1. The van der Waals surface area contributed by atoms with E-state index in [0.29, 0.717) is 11.5 Å². The summed E-state index contributed by atoms with van der Waals surface area (Å²) in [6, 6.07) is 10.3. The molecule has 0 saturated heterocycles. The Morgan fingerprint density at radius 2 is 2.00 bits per heavy atom. The number of aryl methyl sites for hydroxylation is 1. The van der Waals surface area contributed by atoms with Crippen molar-refractivity contribution in [2.24, 2.45) is 0 Å². The van der Waals surface area contributed by atoms with Crippen molar-refractivity contribution >= 4 is 23.4 Å². The Bertz CT molecular complexity index is 584. The lowest BCUT2D eigenvalue weighted by Gasteiger charge is -2.17. The Kier molecular flexibility index (Phi) is 4.53. The van der Waals surface area contributed by atoms with Gasteiger partial charge in [0.1, 0.15) is 5.82 Å². The van der Waals surface area contributed by atoms with Gasteiger partial charge in [0.15, 0.2) is 6.04 Å². The molecular weight excluding hydrogens is 278 g/mol. The zero-order chi connectivity index (χ0) is 14.5. The number of ether oxygens (including phenoxy) is 1. The molecule has 1 atom stereocenters. The zero-order valence-electron chi connectivity index (χ0n) is 11.1. The van der Waals surface area contributed by atoms with Crippen LogP contribution < -0.4 is 5.32 Å². The first kappa shape index (κ1) is 14.3. The van der Waals surface area contributed by atoms with Crippen LogP contribution in [-0.2, 0) is 9.53 Å². The summed E-state index contributed by atoms with van der Waals surface area (Å²) >= 11 is 5.81. The lowest BCUT2D eigenvalue weighted by molar-refractivity contribution is -0.141. The van der Waals surface area contributed by atoms with Crippen molar-refractivity contribution in [1.82, 2.24) is 9.97 Å². The molecule has 20 heavy (non-hydrogen) atoms. The minimum Gasteiger partial charge on any atom is -0.467 e. The first-order valence-corrected chi connectivity index (χ1v) is 6.38. The summed E-state index contributed by atoms with van der Waals surface area (Å²) in [5.74, 6) is 0.0744. The molecule has 0 aliphatic rings. The maximum absolute atomic E-state index is 11.9. The molecule has 0 aliphatic heterocycles. The van der Waals surface area contributed by atoms with Crippen molar-refractivity contribution in [2.75, 3.05) is 12.4 Å². The van der Waals surface area contributed by atoms with Crippen LogP contribution in [0.15, 0.2) is 36.4 Å². The second-order valence-corrected chi connectivity index (χ2v) is 4.51. The number of rotatable bonds is 4. The van der Waals surface area contributed by atoms with Gasteiger partial charge in [-0.2, -0.15) is 0 Å². The molecule has 6 heteroatoms. The van der Waals surface area contributed by atoms with Gasteiger partial charge < -0.3 is 10.1 Å². The molecule has 104 valence electrons. The van der Waals surface area contributed by atoms with Gasteiger partial charge in [-0.05, 0) is 24.1 Å². The van der Waals surface area contributed by atoms with E-state index in [1.807, 2.05) is 30.3 Å². The van der Waals surface area contributed by atoms with E-state index in [2.05, 4.69) is 15.3 Å². The molecule has 2 aromatic rings. The van der Waals surface area contributed by atoms with Gasteiger partial charge in [-0.25, -0.2) is 14.8 Å². The fraction of sp³-hybridized carbons (Fsp3) is 0.214. The number of carbonyl (C=O) groups is 1. The van der Waals surface area contributed by atoms with Gasteiger partial charge in [0.05, 0.1) is 7.11 Å². The summed E-state index contributed by atoms with van der Waals surface area (Å²) in [5, 5.41) is 3.15. The summed E-state index contributed by atoms with van der Waals surface area (Å²) in [5.41, 5.74) is 1.50. The summed E-state index contributed by atoms with van der Waals surface area (Å²) < 4.78 is 4.82. The molecule has 0 spiro atoms. The fourth-order valence-corrected chi connectivity index (χ4v) is 2.02. The largest absolute Gasteiger partial charge is 0.467 e. The highest BCUT2D eigenvalue weighted by molar-refractivity contribution is 6.28. The first-order valence-electron chi connectivity index (χ1n) is 6.00. The van der Waals surface area contributed by atoms with Crippen LogP contribution in [0.25, 0.3) is 0 Å². The zero-order valence-corrected chi connectivity index (χ0v) is 11.9. The molecule has 0 fully saturated rings. The van der Waals surface area contributed by atoms with E-state index in [-0.39, 0.29) is 5.28 Å². The predicted octanol–water partition coefficient (Wildman–Crippen LogP) is 2.76. The lowest BCUT2D eigenvalue weighted by Crippen LogP contribution is -2.23. The number of nitrogens with zero attached hydrogens (tertiary/aromatic N) is 2. The van der Waals surface area contributed by atoms with Crippen LogP contribution in [-0.4, -0.2) is 23.0 Å². The number of carbonyl (C=O) groups excluding carboxylic acids is 1. The molecule has 0 saturated carbocycles. The van der Waals surface area contributed by atoms with Crippen LogP contribution >= 0.6 is 11.6 Å². The highest BCUT2D eigenvalue weighted by Crippen LogP contribution is 2.20. The van der Waals surface area contributed by atoms with E-state index in [1.54, 1.807) is 13.0 Å². The third-order valence-corrected chi connectivity index (χ3v) is 2.86. The number of esters is 1. The minimum absolute atomic E-state index is 0.129. The van der Waals surface area contributed by atoms with Crippen molar-refractivity contribution in [2.45, 2.75) is 13.0 Å². The molecule has 0 aliphatic carbocycles. The Hall–Kier alpha value is -2.14. The van der Waals surface area contributed by atoms with Crippen molar-refractivity contribution in [3.05, 3.63) is 52.9 Å². The van der Waals surface area contributed by atoms with Crippen molar-refractivity contribution in [1.29, 1.82) is 0 Å². The standard InChI is InChI=1S/C14H14ClN3O2/c1-9-8-11(18-14(15)16-9)17-12(13(19)20-2)10-6-4-3-5-7-10/h3-8,12H,1-2H3,(H,16,17,18). The van der Waals surface area contributed by atoms with E-state index in [9.17, 15) is 4.79 Å². The molecule has 2 rings (SSSR count). The van der Waals surface area contributed by atoms with E-state index >= 15 is 0 Å². The molecule has 0 amide bonds. The highest BCUT2D eigenvalue weighted by Gasteiger charge is 2.21. The van der Waals surface area contributed by atoms with Crippen LogP contribution in [0.1, 0.15) is 17.3 Å². The Morgan fingerprint density at radius 3 is 2.60 bits per heavy atom. The third-order valence-electron chi connectivity index (χ3n) is 2.69. The molecule has 1 unspecified atom stereocenters. The van der Waals surface area contributed by atoms with Gasteiger partial charge in [-0.3, -0.25) is 0 Å². The number of aromatic nitrogens is 2. The number of hydrogen-bond donors (Lipinski definition) is 1. The molecule has 0 bridgehead atoms. The predicted molar refractivity (Wildman–Crippen MR) is 76.6 cm³/mol. The van der Waals surface area contributed by atoms with Crippen LogP contribution in [0.3, 0.4) is 0 Å². The van der Waals surface area contributed by atoms with Gasteiger partial charge in [0.25, 0.3) is 0 Å². The molecule has 1 aromatic heterocycles. The average molecular weight is 292 g/mol. The minimum atomic E-state index is -0.647. The van der Waals surface area contributed by atoms with Crippen LogP contribution in [0, 0.1) is 6.92 Å². The lowest BCUT2D eigenvalue weighted by atomic mass is 10.1. The maximum atomic E-state index is 11.9. The van der Waals surface area contributed by atoms with E-state index < -0.39 is 12.0 Å². The van der Waals surface area contributed by atoms with E-state index in [0.717, 1.165) is 5.56 Å². The summed E-state index contributed by atoms with van der Waals surface area (Å²) in [7, 11) is 1.35. The van der Waals surface area contributed by atoms with Gasteiger partial charge in [0.2, 0.25) is 5.28 Å². The number of benzene rings is 1. The number of anilines is 1. The molecular formula is C14H14ClN3O2. The van der Waals surface area contributed by atoms with Gasteiger partial charge in [0, 0.05) is 11.8 Å². The highest BCUT2D eigenvalue weighted by atomic mass is 35.5. The van der Waals surface area contributed by atoms with Gasteiger partial charge >= 0.3 is 5.97 Å². The molecule has 5 nitrogen and oxygen atoms in total. The van der Waals surface area contributed by atoms with Gasteiger partial charge in [-0.15, -0.1) is 0 Å². The normalized spacial score (nSPS) is 11.8. The van der Waals surface area contributed by atoms with E-state index in [4.69, 9.17) is 16.3 Å². The average Bonchev–Trinajstić information content (AvgIpc) is 2.44. The SMILES string of the molecule is COC(=O)C(Nc1cc(C)nc(Cl)n1)c1ccccc1. The molecule has 1 aromatic carbocycles. The monoisotopic (exact) mass is 291 g/mol. The topological polar surface area (TPSA) is 64.1 Å². The summed E-state index contributed by atoms with van der Waals surface area (Å²) in [6.07, 6.45) is 0. The second kappa shape index (κ2) is 6.34. The van der Waals surface area contributed by atoms with Crippen molar-refractivity contribution in [3.63, 3.8) is 0 Å². The smallest absolute Gasteiger partial charge is 0.333 e. The molecule has 1 N–H and O–H groups in total. The van der Waals surface area contributed by atoms with Crippen LogP contribution in [0.2, 0.25) is 5.28 Å². The third kappa shape index (κ3) is 3.45. The number of hydrogen-bond acceptors (Lipinski definition) is 5. The Labute approximate surface area is 122 Å². The number of halogens is 1. The summed E-state index contributed by atoms with van der Waals surface area (Å²) in [4.78, 5) is 20.0. The maximum Gasteiger partial charge on any atom is 0.333 e. The Balaban J connectivity index is 2.31. The molecule has 1 heterocycles. The quantitative estimate of drug-likeness (QED) is 0.693. The van der Waals surface area contributed by atoms with E-state index in [1.165, 1.54) is 7.11 Å². The van der Waals surface area contributed by atoms with Crippen LogP contribution in [0.5, 0.6) is 0 Å². The van der Waals surface area contributed by atoms with Crippen LogP contribution in [0.4, 0.5) is 5.82 Å². The summed E-state index contributed by atoms with van der Waals surface area (Å²) in [6.45, 7) is 1.80. The fourth-order valence-electron chi connectivity index (χ4n) is 1.80. The van der Waals surface area contributed by atoms with Crippen molar-refractivity contribution in [3.8, 4) is 0 Å². The van der Waals surface area contributed by atoms with Gasteiger partial charge in [-0.1, -0.05) is 30.3 Å². The molecule has 0 radical (unpaired) electrons. The Morgan fingerprint density at radius 1 is 1.30 bits per heavy atom. The van der Waals surface area contributed by atoms with Crippen molar-refractivity contribution < 1.29 is 9.53 Å². The second-order valence-electron chi connectivity index (χ2n) is 4.17.